The number of anilines is 1. The second-order valence-corrected chi connectivity index (χ2v) is 6.43. The molecule has 0 atom stereocenters. The molecule has 0 aliphatic carbocycles. The second kappa shape index (κ2) is 7.57. The van der Waals surface area contributed by atoms with E-state index in [-0.39, 0.29) is 0 Å². The van der Waals surface area contributed by atoms with Crippen LogP contribution in [0.25, 0.3) is 10.4 Å². The first-order valence-corrected chi connectivity index (χ1v) is 8.19. The lowest BCUT2D eigenvalue weighted by Crippen LogP contribution is -2.24. The summed E-state index contributed by atoms with van der Waals surface area (Å²) in [6, 6.07) is 6.12. The van der Waals surface area contributed by atoms with Crippen LogP contribution in [-0.4, -0.2) is 41.5 Å². The third kappa shape index (κ3) is 3.54. The van der Waals surface area contributed by atoms with Crippen molar-refractivity contribution in [3.63, 3.8) is 0 Å². The Labute approximate surface area is 141 Å². The highest BCUT2D eigenvalue weighted by molar-refractivity contribution is 7.16. The molecule has 0 aliphatic heterocycles. The number of rotatable bonds is 7. The van der Waals surface area contributed by atoms with Crippen molar-refractivity contribution < 1.29 is 14.2 Å². The smallest absolute Gasteiger partial charge is 0.203 e. The monoisotopic (exact) mass is 336 g/mol. The van der Waals surface area contributed by atoms with Crippen LogP contribution in [0.4, 0.5) is 5.69 Å². The van der Waals surface area contributed by atoms with Gasteiger partial charge in [0.2, 0.25) is 5.75 Å². The first-order chi connectivity index (χ1) is 11.0. The highest BCUT2D eigenvalue weighted by Gasteiger charge is 2.17. The highest BCUT2D eigenvalue weighted by atomic mass is 32.1. The van der Waals surface area contributed by atoms with Gasteiger partial charge in [-0.2, -0.15) is 0 Å². The predicted molar refractivity (Wildman–Crippen MR) is 96.5 cm³/mol. The van der Waals surface area contributed by atoms with Crippen LogP contribution in [0.2, 0.25) is 0 Å². The second-order valence-electron chi connectivity index (χ2n) is 5.18. The van der Waals surface area contributed by atoms with Gasteiger partial charge in [-0.3, -0.25) is 0 Å². The Morgan fingerprint density at radius 2 is 1.65 bits per heavy atom. The Hall–Kier alpha value is -1.92. The van der Waals surface area contributed by atoms with Gasteiger partial charge >= 0.3 is 0 Å². The van der Waals surface area contributed by atoms with Gasteiger partial charge in [-0.25, -0.2) is 0 Å². The minimum Gasteiger partial charge on any atom is -0.493 e. The lowest BCUT2D eigenvalue weighted by atomic mass is 10.1. The van der Waals surface area contributed by atoms with Crippen LogP contribution < -0.4 is 24.8 Å². The van der Waals surface area contributed by atoms with Crippen molar-refractivity contribution >= 4 is 17.0 Å². The first-order valence-electron chi connectivity index (χ1n) is 7.37. The van der Waals surface area contributed by atoms with Gasteiger partial charge in [-0.05, 0) is 30.7 Å². The summed E-state index contributed by atoms with van der Waals surface area (Å²) >= 11 is 1.74. The molecule has 2 N–H and O–H groups in total. The number of benzene rings is 1. The van der Waals surface area contributed by atoms with Crippen LogP contribution in [0.15, 0.2) is 18.2 Å². The molecule has 0 amide bonds. The molecule has 1 aromatic carbocycles. The highest BCUT2D eigenvalue weighted by Crippen LogP contribution is 2.44. The number of thiophene rings is 1. The third-order valence-corrected chi connectivity index (χ3v) is 4.81. The average molecular weight is 336 g/mol. The van der Waals surface area contributed by atoms with Crippen LogP contribution >= 0.6 is 11.3 Å². The summed E-state index contributed by atoms with van der Waals surface area (Å²) in [6.45, 7) is 3.58. The fraction of sp³-hybridized carbons (Fsp3) is 0.412. The minimum absolute atomic E-state index is 0.604. The van der Waals surface area contributed by atoms with Crippen molar-refractivity contribution in [1.29, 1.82) is 0 Å². The number of methoxy groups -OCH3 is 3. The number of aryl methyl sites for hydroxylation is 1. The molecule has 0 saturated heterocycles. The van der Waals surface area contributed by atoms with Gasteiger partial charge in [-0.15, -0.1) is 11.3 Å². The van der Waals surface area contributed by atoms with E-state index in [1.54, 1.807) is 32.7 Å². The summed E-state index contributed by atoms with van der Waals surface area (Å²) in [5.41, 5.74) is 7.90. The van der Waals surface area contributed by atoms with Crippen molar-refractivity contribution in [3.05, 3.63) is 23.1 Å². The lowest BCUT2D eigenvalue weighted by molar-refractivity contribution is 0.324. The van der Waals surface area contributed by atoms with Gasteiger partial charge in [0.1, 0.15) is 0 Å². The fourth-order valence-corrected chi connectivity index (χ4v) is 3.59. The molecule has 0 aliphatic rings. The summed E-state index contributed by atoms with van der Waals surface area (Å²) < 4.78 is 16.3. The normalized spacial score (nSPS) is 10.5. The molecule has 6 heteroatoms. The molecule has 1 aromatic heterocycles. The molecule has 1 heterocycles. The summed E-state index contributed by atoms with van der Waals surface area (Å²) in [6.07, 6.45) is 0. The zero-order valence-corrected chi connectivity index (χ0v) is 15.1. The van der Waals surface area contributed by atoms with E-state index in [0.717, 1.165) is 17.0 Å². The van der Waals surface area contributed by atoms with E-state index in [1.165, 1.54) is 10.6 Å². The van der Waals surface area contributed by atoms with E-state index >= 15 is 0 Å². The van der Waals surface area contributed by atoms with Gasteiger partial charge in [-0.1, -0.05) is 0 Å². The standard InChI is InChI=1S/C17H24N2O3S/c1-11-13(19(2)7-6-18)10-16(23-11)12-8-14(20-3)17(22-5)15(9-12)21-4/h8-10H,6-7,18H2,1-5H3. The Morgan fingerprint density at radius 1 is 1.04 bits per heavy atom. The van der Waals surface area contributed by atoms with Crippen LogP contribution in [0, 0.1) is 6.92 Å². The predicted octanol–water partition coefficient (Wildman–Crippen LogP) is 3.14. The van der Waals surface area contributed by atoms with Crippen LogP contribution in [0.5, 0.6) is 17.2 Å². The molecule has 0 bridgehead atoms. The van der Waals surface area contributed by atoms with Crippen molar-refractivity contribution in [2.24, 2.45) is 5.73 Å². The van der Waals surface area contributed by atoms with Crippen LogP contribution in [-0.2, 0) is 0 Å². The van der Waals surface area contributed by atoms with Gasteiger partial charge in [0.05, 0.1) is 27.0 Å². The largest absolute Gasteiger partial charge is 0.493 e. The Balaban J connectivity index is 2.48. The Kier molecular flexibility index (Phi) is 5.74. The zero-order chi connectivity index (χ0) is 17.0. The average Bonchev–Trinajstić information content (AvgIpc) is 2.95. The molecular formula is C17H24N2O3S. The number of nitrogens with two attached hydrogens (primary N) is 1. The molecule has 0 saturated carbocycles. The lowest BCUT2D eigenvalue weighted by Gasteiger charge is -2.17. The maximum atomic E-state index is 5.66. The van der Waals surface area contributed by atoms with E-state index in [0.29, 0.717) is 23.8 Å². The van der Waals surface area contributed by atoms with Crippen molar-refractivity contribution in [3.8, 4) is 27.7 Å². The van der Waals surface area contributed by atoms with E-state index < -0.39 is 0 Å². The molecule has 23 heavy (non-hydrogen) atoms. The molecule has 0 radical (unpaired) electrons. The van der Waals surface area contributed by atoms with Crippen molar-refractivity contribution in [2.75, 3.05) is 46.4 Å². The molecule has 0 spiro atoms. The van der Waals surface area contributed by atoms with Crippen molar-refractivity contribution in [2.45, 2.75) is 6.92 Å². The number of hydrogen-bond acceptors (Lipinski definition) is 6. The number of likely N-dealkylation sites (N-methyl/N-ethyl adjacent to an activating group) is 1. The van der Waals surface area contributed by atoms with Gasteiger partial charge in [0, 0.05) is 29.9 Å². The van der Waals surface area contributed by atoms with E-state index in [9.17, 15) is 0 Å². The van der Waals surface area contributed by atoms with Gasteiger partial charge in [0.25, 0.3) is 0 Å². The number of ether oxygens (including phenoxy) is 3. The van der Waals surface area contributed by atoms with E-state index in [1.807, 2.05) is 12.1 Å². The zero-order valence-electron chi connectivity index (χ0n) is 14.3. The Morgan fingerprint density at radius 3 is 2.13 bits per heavy atom. The van der Waals surface area contributed by atoms with E-state index in [4.69, 9.17) is 19.9 Å². The quantitative estimate of drug-likeness (QED) is 0.842. The summed E-state index contributed by atoms with van der Waals surface area (Å²) in [4.78, 5) is 4.58. The molecular weight excluding hydrogens is 312 g/mol. The van der Waals surface area contributed by atoms with Crippen molar-refractivity contribution in [1.82, 2.24) is 0 Å². The molecule has 0 fully saturated rings. The molecule has 5 nitrogen and oxygen atoms in total. The summed E-state index contributed by atoms with van der Waals surface area (Å²) in [5, 5.41) is 0. The molecule has 2 rings (SSSR count). The summed E-state index contributed by atoms with van der Waals surface area (Å²) in [7, 11) is 6.92. The molecule has 2 aromatic rings. The summed E-state index contributed by atoms with van der Waals surface area (Å²) in [5.74, 6) is 1.92. The maximum Gasteiger partial charge on any atom is 0.203 e. The Bertz CT molecular complexity index is 645. The minimum atomic E-state index is 0.604. The van der Waals surface area contributed by atoms with Gasteiger partial charge in [0.15, 0.2) is 11.5 Å². The first kappa shape index (κ1) is 17.4. The van der Waals surface area contributed by atoms with Crippen LogP contribution in [0.1, 0.15) is 4.88 Å². The fourth-order valence-electron chi connectivity index (χ4n) is 2.53. The molecule has 126 valence electrons. The third-order valence-electron chi connectivity index (χ3n) is 3.72. The number of hydrogen-bond donors (Lipinski definition) is 1. The van der Waals surface area contributed by atoms with Gasteiger partial charge < -0.3 is 24.8 Å². The topological polar surface area (TPSA) is 57.0 Å². The molecule has 0 unspecified atom stereocenters. The maximum absolute atomic E-state index is 5.66. The number of nitrogens with zero attached hydrogens (tertiary/aromatic N) is 1. The van der Waals surface area contributed by atoms with Crippen LogP contribution in [0.3, 0.4) is 0 Å². The van der Waals surface area contributed by atoms with E-state index in [2.05, 4.69) is 24.9 Å². The SMILES string of the molecule is COc1cc(-c2cc(N(C)CCN)c(C)s2)cc(OC)c1OC.